The minimum atomic E-state index is -3.11. The van der Waals surface area contributed by atoms with Crippen LogP contribution < -0.4 is 11.1 Å². The normalized spacial score (nSPS) is 14.2. The van der Waals surface area contributed by atoms with Crippen molar-refractivity contribution in [1.29, 1.82) is 0 Å². The van der Waals surface area contributed by atoms with Crippen molar-refractivity contribution in [2.24, 2.45) is 17.6 Å². The largest absolute Gasteiger partial charge is 0.508 e. The van der Waals surface area contributed by atoms with E-state index in [1.807, 2.05) is 42.5 Å². The number of hydrogen-bond donors (Lipinski definition) is 4. The van der Waals surface area contributed by atoms with E-state index in [1.54, 1.807) is 36.4 Å². The van der Waals surface area contributed by atoms with Gasteiger partial charge in [-0.2, -0.15) is 27.0 Å². The molecule has 5 rings (SSSR count). The molecule has 0 heterocycles. The quantitative estimate of drug-likeness (QED) is 0.177. The maximum atomic E-state index is 12.9. The van der Waals surface area contributed by atoms with E-state index >= 15 is 0 Å². The van der Waals surface area contributed by atoms with Crippen LogP contribution >= 0.6 is 27.0 Å². The molecule has 310 valence electrons. The summed E-state index contributed by atoms with van der Waals surface area (Å²) in [5, 5.41) is 21.4. The SMILES string of the molecule is N[C@@H](Cc1ccc(O)cc1)C(=O)CC1CCCC1.O=C(N[C@@H](Cc1ccc(O)cc1)C(=O)CC1CCCC1)OCc1ccccc1.O=S(=O)=O.O=S(=O)=O.S.S. The van der Waals surface area contributed by atoms with Gasteiger partial charge in [0.15, 0.2) is 5.78 Å². The number of ketones is 2. The molecule has 14 nitrogen and oxygen atoms in total. The van der Waals surface area contributed by atoms with Crippen LogP contribution in [0.5, 0.6) is 11.5 Å². The van der Waals surface area contributed by atoms with Crippen LogP contribution in [-0.4, -0.2) is 65.2 Å². The topological polar surface area (TPSA) is 241 Å². The minimum Gasteiger partial charge on any atom is -0.508 e. The van der Waals surface area contributed by atoms with Crippen molar-refractivity contribution in [3.8, 4) is 11.5 Å². The van der Waals surface area contributed by atoms with E-state index in [0.717, 1.165) is 29.5 Å². The van der Waals surface area contributed by atoms with Crippen LogP contribution in [0.3, 0.4) is 0 Å². The van der Waals surface area contributed by atoms with Crippen molar-refractivity contribution >= 4 is 65.9 Å². The summed E-state index contributed by atoms with van der Waals surface area (Å²) in [7, 11) is -6.22. The molecular weight excluding hydrogens is 805 g/mol. The predicted octanol–water partition coefficient (Wildman–Crippen LogP) is 5.01. The Morgan fingerprint density at radius 2 is 1.02 bits per heavy atom. The second kappa shape index (κ2) is 29.1. The Labute approximate surface area is 344 Å². The third kappa shape index (κ3) is 23.6. The van der Waals surface area contributed by atoms with E-state index < -0.39 is 39.4 Å². The highest BCUT2D eigenvalue weighted by Crippen LogP contribution is 2.29. The van der Waals surface area contributed by atoms with Gasteiger partial charge in [0, 0.05) is 12.8 Å². The fourth-order valence-electron chi connectivity index (χ4n) is 6.31. The summed E-state index contributed by atoms with van der Waals surface area (Å²) in [5.41, 5.74) is 8.73. The number of aromatic hydroxyl groups is 2. The number of nitrogens with two attached hydrogens (primary N) is 1. The van der Waals surface area contributed by atoms with Crippen LogP contribution in [0.2, 0.25) is 0 Å². The number of carbonyl (C=O) groups excluding carboxylic acids is 3. The highest BCUT2D eigenvalue weighted by molar-refractivity contribution is 7.59. The summed E-state index contributed by atoms with van der Waals surface area (Å²) >= 11 is 0. The lowest BCUT2D eigenvalue weighted by Gasteiger charge is -2.19. The van der Waals surface area contributed by atoms with Crippen LogP contribution in [0, 0.1) is 11.8 Å². The molecule has 0 unspecified atom stereocenters. The number of ether oxygens (including phenoxy) is 1. The summed E-state index contributed by atoms with van der Waals surface area (Å²) in [6.07, 6.45) is 10.9. The molecule has 2 aliphatic carbocycles. The Hall–Kier alpha value is -4.23. The van der Waals surface area contributed by atoms with E-state index in [9.17, 15) is 24.6 Å². The van der Waals surface area contributed by atoms with Crippen molar-refractivity contribution in [2.45, 2.75) is 95.7 Å². The highest BCUT2D eigenvalue weighted by Gasteiger charge is 2.26. The Morgan fingerprint density at radius 1 is 0.625 bits per heavy atom. The molecular formula is C38H52N2O12S4. The molecule has 2 atom stereocenters. The monoisotopic (exact) mass is 856 g/mol. The van der Waals surface area contributed by atoms with Gasteiger partial charge in [-0.25, -0.2) is 4.79 Å². The lowest BCUT2D eigenvalue weighted by Crippen LogP contribution is -2.43. The average Bonchev–Trinajstić information content (AvgIpc) is 3.84. The first-order valence-corrected chi connectivity index (χ1v) is 19.6. The lowest BCUT2D eigenvalue weighted by molar-refractivity contribution is -0.122. The summed E-state index contributed by atoms with van der Waals surface area (Å²) in [6.45, 7) is 0.162. The number of phenolic OH excluding ortho intramolecular Hbond substituents is 2. The Bertz CT molecular complexity index is 1780. The first kappa shape index (κ1) is 51.8. The summed E-state index contributed by atoms with van der Waals surface area (Å²) in [6, 6.07) is 22.0. The zero-order chi connectivity index (χ0) is 39.9. The van der Waals surface area contributed by atoms with Gasteiger partial charge in [-0.15, -0.1) is 25.3 Å². The number of benzene rings is 3. The van der Waals surface area contributed by atoms with Crippen molar-refractivity contribution in [2.75, 3.05) is 0 Å². The van der Waals surface area contributed by atoms with Gasteiger partial charge in [0.1, 0.15) is 23.9 Å². The number of amides is 1. The van der Waals surface area contributed by atoms with Gasteiger partial charge in [-0.05, 0) is 65.6 Å². The summed E-state index contributed by atoms with van der Waals surface area (Å²) < 4.78 is 56.0. The molecule has 0 radical (unpaired) electrons. The molecule has 1 amide bonds. The standard InChI is InChI=1S/C23H27NO4.C15H21NO2.2O3S.2H2S/c25-20-12-10-18(11-13-20)14-21(22(26)15-17-6-4-5-7-17)24-23(27)28-16-19-8-2-1-3-9-19;16-14(9-12-5-7-13(17)8-6-12)15(18)10-11-3-1-2-4-11;2*1-4(2)3;;/h1-3,8-13,17,21,25H,4-7,14-16H2,(H,24,27);5-8,11,14,17H,1-4,9-10,16H2;;;2*1H2/t21-;14-;;;;/m00..../s1. The van der Waals surface area contributed by atoms with Gasteiger partial charge in [0.25, 0.3) is 0 Å². The van der Waals surface area contributed by atoms with E-state index in [1.165, 1.54) is 38.5 Å². The van der Waals surface area contributed by atoms with Crippen molar-refractivity contribution < 1.29 is 54.6 Å². The molecule has 2 aliphatic rings. The number of phenols is 2. The Morgan fingerprint density at radius 3 is 1.45 bits per heavy atom. The maximum absolute atomic E-state index is 12.9. The van der Waals surface area contributed by atoms with Gasteiger partial charge in [-0.1, -0.05) is 106 Å². The Kier molecular flexibility index (Phi) is 26.9. The van der Waals surface area contributed by atoms with Gasteiger partial charge in [0.05, 0.1) is 12.1 Å². The molecule has 56 heavy (non-hydrogen) atoms. The molecule has 0 spiro atoms. The third-order valence-electron chi connectivity index (χ3n) is 9.00. The van der Waals surface area contributed by atoms with Crippen molar-refractivity contribution in [3.05, 3.63) is 95.6 Å². The van der Waals surface area contributed by atoms with Gasteiger partial charge in [-0.3, -0.25) is 9.59 Å². The van der Waals surface area contributed by atoms with Crippen LogP contribution in [0.25, 0.3) is 0 Å². The van der Waals surface area contributed by atoms with E-state index in [0.29, 0.717) is 37.5 Å². The van der Waals surface area contributed by atoms with Crippen LogP contribution in [0.1, 0.15) is 80.9 Å². The van der Waals surface area contributed by atoms with E-state index in [-0.39, 0.29) is 56.7 Å². The first-order valence-electron chi connectivity index (χ1n) is 17.6. The number of nitrogens with one attached hydrogen (secondary N) is 1. The first-order chi connectivity index (χ1) is 25.7. The van der Waals surface area contributed by atoms with Crippen LogP contribution in [-0.2, 0) is 55.0 Å². The molecule has 2 fully saturated rings. The Balaban J connectivity index is 0.000000928. The van der Waals surface area contributed by atoms with Crippen LogP contribution in [0.4, 0.5) is 4.79 Å². The second-order valence-corrected chi connectivity index (χ2v) is 14.0. The molecule has 3 aromatic carbocycles. The average molecular weight is 857 g/mol. The fraction of sp³-hybridized carbons (Fsp3) is 0.447. The highest BCUT2D eigenvalue weighted by atomic mass is 32.2. The number of alkyl carbamates (subject to hydrolysis) is 1. The van der Waals surface area contributed by atoms with Crippen molar-refractivity contribution in [1.82, 2.24) is 5.32 Å². The number of carbonyl (C=O) groups is 3. The smallest absolute Gasteiger partial charge is 0.425 e. The zero-order valence-corrected chi connectivity index (χ0v) is 34.5. The second-order valence-electron chi connectivity index (χ2n) is 13.2. The molecule has 0 aliphatic heterocycles. The predicted molar refractivity (Wildman–Crippen MR) is 218 cm³/mol. The molecule has 18 heteroatoms. The molecule has 5 N–H and O–H groups in total. The van der Waals surface area contributed by atoms with E-state index in [4.69, 9.17) is 35.7 Å². The van der Waals surface area contributed by atoms with Gasteiger partial charge in [0.2, 0.25) is 0 Å². The van der Waals surface area contributed by atoms with Crippen molar-refractivity contribution in [3.63, 3.8) is 0 Å². The molecule has 0 bridgehead atoms. The van der Waals surface area contributed by atoms with E-state index in [2.05, 4.69) is 5.32 Å². The summed E-state index contributed by atoms with van der Waals surface area (Å²) in [4.78, 5) is 37.1. The molecule has 2 saturated carbocycles. The maximum Gasteiger partial charge on any atom is 0.425 e. The van der Waals surface area contributed by atoms with Gasteiger partial charge >= 0.3 is 27.3 Å². The molecule has 0 aromatic heterocycles. The minimum absolute atomic E-state index is 0. The zero-order valence-electron chi connectivity index (χ0n) is 30.9. The van der Waals surface area contributed by atoms with Crippen LogP contribution in [0.15, 0.2) is 78.9 Å². The summed E-state index contributed by atoms with van der Waals surface area (Å²) in [5.74, 6) is 1.60. The van der Waals surface area contributed by atoms with Gasteiger partial charge < -0.3 is 26.0 Å². The number of hydrogen-bond acceptors (Lipinski definition) is 13. The number of Topliss-reactive ketones (excluding diaryl/α,β-unsaturated/α-hetero) is 2. The lowest BCUT2D eigenvalue weighted by atomic mass is 9.94. The molecule has 3 aromatic rings. The fourth-order valence-corrected chi connectivity index (χ4v) is 6.31. The molecule has 0 saturated heterocycles. The number of rotatable bonds is 13. The third-order valence-corrected chi connectivity index (χ3v) is 9.00.